The minimum absolute atomic E-state index is 0.0262. The van der Waals surface area contributed by atoms with Crippen LogP contribution in [0.2, 0.25) is 0 Å². The summed E-state index contributed by atoms with van der Waals surface area (Å²) >= 11 is -1.27. The van der Waals surface area contributed by atoms with Gasteiger partial charge in [-0.25, -0.2) is 9.00 Å². The molecule has 1 heterocycles. The molecule has 1 aliphatic heterocycles. The highest BCUT2D eigenvalue weighted by atomic mass is 32.2. The molecule has 1 fully saturated rings. The number of carbonyl (C=O) groups excluding carboxylic acids is 1. The van der Waals surface area contributed by atoms with Gasteiger partial charge in [-0.3, -0.25) is 4.18 Å². The maximum Gasteiger partial charge on any atom is 0.319 e. The third kappa shape index (κ3) is 2.67. The molecule has 5 nitrogen and oxygen atoms in total. The number of urea groups is 1. The first-order valence-electron chi connectivity index (χ1n) is 3.97. The number of amides is 2. The Morgan fingerprint density at radius 2 is 1.85 bits per heavy atom. The predicted octanol–water partition coefficient (Wildman–Crippen LogP) is -0.338. The molecule has 0 aromatic heterocycles. The van der Waals surface area contributed by atoms with Gasteiger partial charge in [-0.15, -0.1) is 0 Å². The van der Waals surface area contributed by atoms with Crippen LogP contribution in [0.5, 0.6) is 0 Å². The van der Waals surface area contributed by atoms with E-state index in [0.29, 0.717) is 13.1 Å². The fourth-order valence-corrected chi connectivity index (χ4v) is 1.87. The van der Waals surface area contributed by atoms with Gasteiger partial charge in [-0.1, -0.05) is 0 Å². The second-order valence-electron chi connectivity index (χ2n) is 3.16. The highest BCUT2D eigenvalue weighted by molar-refractivity contribution is 7.79. The Kier molecular flexibility index (Phi) is 3.27. The van der Waals surface area contributed by atoms with Crippen LogP contribution in [0.4, 0.5) is 4.79 Å². The van der Waals surface area contributed by atoms with Crippen LogP contribution >= 0.6 is 0 Å². The lowest BCUT2D eigenvalue weighted by Gasteiger charge is -2.35. The van der Waals surface area contributed by atoms with E-state index in [1.165, 1.54) is 6.26 Å². The van der Waals surface area contributed by atoms with E-state index >= 15 is 0 Å². The number of nitrogens with zero attached hydrogens (tertiary/aromatic N) is 2. The van der Waals surface area contributed by atoms with E-state index in [1.54, 1.807) is 23.9 Å². The lowest BCUT2D eigenvalue weighted by atomic mass is 10.3. The molecule has 1 rings (SSSR count). The number of hydrogen-bond acceptors (Lipinski definition) is 3. The molecule has 0 aromatic carbocycles. The molecule has 0 saturated carbocycles. The fourth-order valence-electron chi connectivity index (χ4n) is 1.37. The summed E-state index contributed by atoms with van der Waals surface area (Å²) in [5, 5.41) is 0. The van der Waals surface area contributed by atoms with Crippen molar-refractivity contribution in [3.63, 3.8) is 0 Å². The number of likely N-dealkylation sites (N-methyl/N-ethyl adjacent to an activating group) is 2. The maximum absolute atomic E-state index is 11.3. The third-order valence-electron chi connectivity index (χ3n) is 1.88. The van der Waals surface area contributed by atoms with Gasteiger partial charge in [0.15, 0.2) is 11.1 Å². The normalized spacial score (nSPS) is 22.2. The smallest absolute Gasteiger partial charge is 0.319 e. The van der Waals surface area contributed by atoms with Gasteiger partial charge in [0, 0.05) is 20.4 Å². The second kappa shape index (κ2) is 4.06. The third-order valence-corrected chi connectivity index (χ3v) is 2.42. The van der Waals surface area contributed by atoms with Crippen LogP contribution in [0, 0.1) is 0 Å². The van der Waals surface area contributed by atoms with Gasteiger partial charge < -0.3 is 9.80 Å². The molecule has 1 unspecified atom stereocenters. The van der Waals surface area contributed by atoms with Crippen molar-refractivity contribution < 1.29 is 13.2 Å². The van der Waals surface area contributed by atoms with Crippen molar-refractivity contribution in [3.05, 3.63) is 0 Å². The van der Waals surface area contributed by atoms with Crippen LogP contribution in [0.1, 0.15) is 0 Å². The van der Waals surface area contributed by atoms with Crippen LogP contribution in [0.25, 0.3) is 0 Å². The summed E-state index contributed by atoms with van der Waals surface area (Å²) in [6.45, 7) is 1.01. The minimum Gasteiger partial charge on any atom is -0.325 e. The first-order chi connectivity index (χ1) is 6.00. The van der Waals surface area contributed by atoms with E-state index in [1.807, 2.05) is 0 Å². The summed E-state index contributed by atoms with van der Waals surface area (Å²) in [7, 11) is 3.40. The molecule has 76 valence electrons. The summed E-state index contributed by atoms with van der Waals surface area (Å²) in [6, 6.07) is -0.0262. The summed E-state index contributed by atoms with van der Waals surface area (Å²) in [6.07, 6.45) is 1.33. The molecule has 6 heteroatoms. The van der Waals surface area contributed by atoms with Gasteiger partial charge in [0.2, 0.25) is 0 Å². The van der Waals surface area contributed by atoms with Crippen LogP contribution in [-0.2, 0) is 15.3 Å². The molecule has 0 aliphatic carbocycles. The molecule has 0 radical (unpaired) electrons. The summed E-state index contributed by atoms with van der Waals surface area (Å²) in [5.74, 6) is 0. The van der Waals surface area contributed by atoms with E-state index in [-0.39, 0.29) is 12.1 Å². The summed E-state index contributed by atoms with van der Waals surface area (Å²) in [4.78, 5) is 14.4. The van der Waals surface area contributed by atoms with E-state index in [0.717, 1.165) is 0 Å². The molecular weight excluding hydrogens is 192 g/mol. The first-order valence-corrected chi connectivity index (χ1v) is 5.46. The van der Waals surface area contributed by atoms with Crippen LogP contribution in [0.15, 0.2) is 0 Å². The minimum atomic E-state index is -1.27. The summed E-state index contributed by atoms with van der Waals surface area (Å²) < 4.78 is 15.9. The molecule has 2 amide bonds. The molecule has 0 N–H and O–H groups in total. The highest BCUT2D eigenvalue weighted by Gasteiger charge is 2.28. The average Bonchev–Trinajstić information content (AvgIpc) is 1.98. The standard InChI is InChI=1S/C7H14N2O3S/c1-8-4-6(12-13(3)11)5-9(2)7(8)10/h6H,4-5H2,1-3H3. The fraction of sp³-hybridized carbons (Fsp3) is 0.857. The largest absolute Gasteiger partial charge is 0.325 e. The topological polar surface area (TPSA) is 49.9 Å². The lowest BCUT2D eigenvalue weighted by molar-refractivity contribution is 0.0846. The monoisotopic (exact) mass is 206 g/mol. The number of carbonyl (C=O) groups is 1. The lowest BCUT2D eigenvalue weighted by Crippen LogP contribution is -2.53. The van der Waals surface area contributed by atoms with Crippen molar-refractivity contribution in [1.29, 1.82) is 0 Å². The number of hydrogen-bond donors (Lipinski definition) is 0. The van der Waals surface area contributed by atoms with E-state index < -0.39 is 11.1 Å². The van der Waals surface area contributed by atoms with Crippen molar-refractivity contribution in [2.75, 3.05) is 33.4 Å². The maximum atomic E-state index is 11.3. The molecule has 0 spiro atoms. The zero-order chi connectivity index (χ0) is 10.0. The van der Waals surface area contributed by atoms with Gasteiger partial charge in [-0.05, 0) is 0 Å². The number of rotatable bonds is 2. The average molecular weight is 206 g/mol. The van der Waals surface area contributed by atoms with Crippen molar-refractivity contribution in [1.82, 2.24) is 9.80 Å². The zero-order valence-electron chi connectivity index (χ0n) is 8.02. The predicted molar refractivity (Wildman–Crippen MR) is 49.6 cm³/mol. The summed E-state index contributed by atoms with van der Waals surface area (Å²) in [5.41, 5.74) is 0. The Hall–Kier alpha value is -0.620. The van der Waals surface area contributed by atoms with E-state index in [4.69, 9.17) is 4.18 Å². The molecule has 0 bridgehead atoms. The van der Waals surface area contributed by atoms with Gasteiger partial charge >= 0.3 is 6.03 Å². The molecular formula is C7H14N2O3S. The molecule has 1 saturated heterocycles. The van der Waals surface area contributed by atoms with E-state index in [9.17, 15) is 9.00 Å². The Morgan fingerprint density at radius 3 is 2.23 bits per heavy atom. The zero-order valence-corrected chi connectivity index (χ0v) is 8.84. The molecule has 1 atom stereocenters. The van der Waals surface area contributed by atoms with Crippen molar-refractivity contribution in [2.24, 2.45) is 0 Å². The van der Waals surface area contributed by atoms with Crippen molar-refractivity contribution >= 4 is 17.1 Å². The Labute approximate surface area is 80.3 Å². The van der Waals surface area contributed by atoms with Crippen molar-refractivity contribution in [3.8, 4) is 0 Å². The van der Waals surface area contributed by atoms with Crippen LogP contribution in [-0.4, -0.2) is 59.6 Å². The highest BCUT2D eigenvalue weighted by Crippen LogP contribution is 2.08. The molecule has 13 heavy (non-hydrogen) atoms. The van der Waals surface area contributed by atoms with Crippen LogP contribution < -0.4 is 0 Å². The Bertz CT molecular complexity index is 220. The first kappa shape index (κ1) is 10.5. The van der Waals surface area contributed by atoms with Gasteiger partial charge in [0.1, 0.15) is 6.10 Å². The second-order valence-corrected chi connectivity index (χ2v) is 4.16. The quantitative estimate of drug-likeness (QED) is 0.621. The van der Waals surface area contributed by atoms with Crippen LogP contribution in [0.3, 0.4) is 0 Å². The Morgan fingerprint density at radius 1 is 1.38 bits per heavy atom. The molecule has 0 aromatic rings. The van der Waals surface area contributed by atoms with Gasteiger partial charge in [-0.2, -0.15) is 0 Å². The SMILES string of the molecule is CN1CC(OS(C)=O)CN(C)C1=O. The van der Waals surface area contributed by atoms with Gasteiger partial charge in [0.25, 0.3) is 0 Å². The van der Waals surface area contributed by atoms with E-state index in [2.05, 4.69) is 0 Å². The van der Waals surface area contributed by atoms with Crippen molar-refractivity contribution in [2.45, 2.75) is 6.10 Å². The molecule has 1 aliphatic rings. The Balaban J connectivity index is 2.53. The van der Waals surface area contributed by atoms with Gasteiger partial charge in [0.05, 0.1) is 13.1 Å².